The first-order chi connectivity index (χ1) is 16.0. The van der Waals surface area contributed by atoms with Crippen LogP contribution in [0.3, 0.4) is 0 Å². The predicted octanol–water partition coefficient (Wildman–Crippen LogP) is 4.43. The molecule has 1 aromatic heterocycles. The van der Waals surface area contributed by atoms with Crippen LogP contribution in [0.15, 0.2) is 72.1 Å². The number of amides is 2. The molecule has 0 aliphatic heterocycles. The number of thiazole rings is 1. The summed E-state index contributed by atoms with van der Waals surface area (Å²) in [6, 6.07) is 18.8. The highest BCUT2D eigenvalue weighted by Gasteiger charge is 2.18. The lowest BCUT2D eigenvalue weighted by molar-refractivity contribution is -0.141. The average Bonchev–Trinajstić information content (AvgIpc) is 3.29. The molecule has 0 saturated carbocycles. The van der Waals surface area contributed by atoms with Crippen molar-refractivity contribution in [3.8, 4) is 0 Å². The maximum atomic E-state index is 12.9. The lowest BCUT2D eigenvalue weighted by Gasteiger charge is -2.21. The number of rotatable bonds is 9. The fourth-order valence-corrected chi connectivity index (χ4v) is 3.98. The molecule has 3 aromatic rings. The zero-order valence-corrected chi connectivity index (χ0v) is 19.3. The summed E-state index contributed by atoms with van der Waals surface area (Å²) in [6.07, 6.45) is 3.15. The maximum absolute atomic E-state index is 12.9. The van der Waals surface area contributed by atoms with Crippen molar-refractivity contribution in [3.63, 3.8) is 0 Å². The Hall–Kier alpha value is -3.78. The molecule has 0 atom stereocenters. The maximum Gasteiger partial charge on any atom is 0.307 e. The van der Waals surface area contributed by atoms with Gasteiger partial charge in [0.25, 0.3) is 0 Å². The third-order valence-electron chi connectivity index (χ3n) is 4.77. The third kappa shape index (κ3) is 6.85. The van der Waals surface area contributed by atoms with Gasteiger partial charge >= 0.3 is 5.97 Å². The van der Waals surface area contributed by atoms with Crippen LogP contribution in [0.5, 0.6) is 0 Å². The second kappa shape index (κ2) is 11.7. The predicted molar refractivity (Wildman–Crippen MR) is 129 cm³/mol. The molecule has 0 fully saturated rings. The van der Waals surface area contributed by atoms with Gasteiger partial charge in [-0.25, -0.2) is 4.98 Å². The number of aromatic nitrogens is 1. The highest BCUT2D eigenvalue weighted by Crippen LogP contribution is 2.29. The van der Waals surface area contributed by atoms with Gasteiger partial charge in [-0.05, 0) is 23.8 Å². The number of esters is 1. The summed E-state index contributed by atoms with van der Waals surface area (Å²) in [6.45, 7) is 2.09. The molecule has 0 radical (unpaired) electrons. The van der Waals surface area contributed by atoms with Gasteiger partial charge in [0.2, 0.25) is 11.8 Å². The van der Waals surface area contributed by atoms with Gasteiger partial charge in [0.15, 0.2) is 5.13 Å². The van der Waals surface area contributed by atoms with Crippen molar-refractivity contribution in [2.75, 3.05) is 18.6 Å². The van der Waals surface area contributed by atoms with Crippen molar-refractivity contribution < 1.29 is 19.1 Å². The summed E-state index contributed by atoms with van der Waals surface area (Å²) < 4.78 is 4.71. The highest BCUT2D eigenvalue weighted by molar-refractivity contribution is 7.14. The number of para-hydroxylation sites is 1. The van der Waals surface area contributed by atoms with Crippen molar-refractivity contribution in [2.24, 2.45) is 0 Å². The van der Waals surface area contributed by atoms with Crippen LogP contribution in [0.25, 0.3) is 6.08 Å². The van der Waals surface area contributed by atoms with Gasteiger partial charge in [-0.3, -0.25) is 19.3 Å². The summed E-state index contributed by atoms with van der Waals surface area (Å²) in [5, 5.41) is 2.31. The summed E-state index contributed by atoms with van der Waals surface area (Å²) in [5.41, 5.74) is 2.25. The van der Waals surface area contributed by atoms with Crippen LogP contribution in [0.1, 0.15) is 24.6 Å². The molecule has 8 heteroatoms. The zero-order chi connectivity index (χ0) is 23.6. The molecular formula is C25H25N3O4S. The van der Waals surface area contributed by atoms with Gasteiger partial charge in [-0.15, -0.1) is 11.3 Å². The van der Waals surface area contributed by atoms with Gasteiger partial charge in [-0.1, -0.05) is 48.5 Å². The largest absolute Gasteiger partial charge is 0.469 e. The minimum absolute atomic E-state index is 0.106. The number of carbonyl (C=O) groups excluding carboxylic acids is 3. The molecule has 0 unspecified atom stereocenters. The summed E-state index contributed by atoms with van der Waals surface area (Å²) in [5.74, 6) is -0.776. The molecule has 7 nitrogen and oxygen atoms in total. The van der Waals surface area contributed by atoms with E-state index in [0.717, 1.165) is 11.3 Å². The Bertz CT molecular complexity index is 1110. The van der Waals surface area contributed by atoms with Gasteiger partial charge in [0.05, 0.1) is 24.9 Å². The van der Waals surface area contributed by atoms with E-state index in [1.165, 1.54) is 36.3 Å². The van der Waals surface area contributed by atoms with Crippen LogP contribution >= 0.6 is 11.3 Å². The quantitative estimate of drug-likeness (QED) is 0.346. The first-order valence-electron chi connectivity index (χ1n) is 10.4. The zero-order valence-electron chi connectivity index (χ0n) is 18.5. The van der Waals surface area contributed by atoms with Crippen LogP contribution in [-0.2, 0) is 25.7 Å². The highest BCUT2D eigenvalue weighted by atomic mass is 32.1. The molecule has 1 heterocycles. The van der Waals surface area contributed by atoms with E-state index in [9.17, 15) is 14.4 Å². The Morgan fingerprint density at radius 1 is 1.03 bits per heavy atom. The van der Waals surface area contributed by atoms with E-state index in [1.807, 2.05) is 60.7 Å². The Morgan fingerprint density at radius 2 is 1.70 bits per heavy atom. The average molecular weight is 464 g/mol. The van der Waals surface area contributed by atoms with E-state index in [1.54, 1.807) is 16.4 Å². The van der Waals surface area contributed by atoms with E-state index in [0.29, 0.717) is 17.4 Å². The number of benzene rings is 2. The van der Waals surface area contributed by atoms with Gasteiger partial charge < -0.3 is 9.64 Å². The van der Waals surface area contributed by atoms with Crippen LogP contribution < -0.4 is 4.90 Å². The van der Waals surface area contributed by atoms with E-state index >= 15 is 0 Å². The van der Waals surface area contributed by atoms with Crippen LogP contribution in [0.4, 0.5) is 10.8 Å². The van der Waals surface area contributed by atoms with E-state index < -0.39 is 0 Å². The molecule has 33 heavy (non-hydrogen) atoms. The molecule has 3 rings (SSSR count). The van der Waals surface area contributed by atoms with Crippen molar-refractivity contribution in [2.45, 2.75) is 19.9 Å². The van der Waals surface area contributed by atoms with Crippen molar-refractivity contribution in [1.29, 1.82) is 0 Å². The Balaban J connectivity index is 1.74. The molecular weight excluding hydrogens is 438 g/mol. The van der Waals surface area contributed by atoms with Crippen LogP contribution in [-0.4, -0.2) is 41.3 Å². The van der Waals surface area contributed by atoms with Gasteiger partial charge in [0.1, 0.15) is 0 Å². The number of anilines is 2. The number of ether oxygens (including phenoxy) is 1. The van der Waals surface area contributed by atoms with E-state index in [4.69, 9.17) is 4.74 Å². The first kappa shape index (κ1) is 23.9. The minimum atomic E-state index is -0.376. The summed E-state index contributed by atoms with van der Waals surface area (Å²) in [7, 11) is 1.32. The second-order valence-electron chi connectivity index (χ2n) is 7.15. The molecule has 2 amide bonds. The number of methoxy groups -OCH3 is 1. The molecule has 0 spiro atoms. The third-order valence-corrected chi connectivity index (χ3v) is 5.61. The van der Waals surface area contributed by atoms with Gasteiger partial charge in [-0.2, -0.15) is 0 Å². The standard InChI is InChI=1S/C25H25N3O4S/c1-19(29)28(22-11-7-4-8-12-22)25-26-21(18-33-25)13-14-23(30)27(16-15-24(31)32-2)17-20-9-5-3-6-10-20/h3-14,18H,15-17H2,1-2H3/b14-13+. The monoisotopic (exact) mass is 463 g/mol. The minimum Gasteiger partial charge on any atom is -0.469 e. The number of hydrogen-bond donors (Lipinski definition) is 0. The van der Waals surface area contributed by atoms with E-state index in [-0.39, 0.29) is 30.7 Å². The van der Waals surface area contributed by atoms with Crippen LogP contribution in [0, 0.1) is 0 Å². The molecule has 0 aliphatic rings. The van der Waals surface area contributed by atoms with E-state index in [2.05, 4.69) is 4.98 Å². The van der Waals surface area contributed by atoms with Crippen molar-refractivity contribution in [1.82, 2.24) is 9.88 Å². The topological polar surface area (TPSA) is 79.8 Å². The molecule has 2 aromatic carbocycles. The Labute approximate surface area is 196 Å². The Kier molecular flexibility index (Phi) is 8.49. The smallest absolute Gasteiger partial charge is 0.307 e. The molecule has 0 bridgehead atoms. The van der Waals surface area contributed by atoms with Crippen molar-refractivity contribution >= 4 is 46.0 Å². The number of carbonyl (C=O) groups is 3. The fourth-order valence-electron chi connectivity index (χ4n) is 3.12. The number of nitrogens with zero attached hydrogens (tertiary/aromatic N) is 3. The lowest BCUT2D eigenvalue weighted by Crippen LogP contribution is -2.31. The normalized spacial score (nSPS) is 10.7. The first-order valence-corrected chi connectivity index (χ1v) is 11.2. The molecule has 170 valence electrons. The summed E-state index contributed by atoms with van der Waals surface area (Å²) >= 11 is 1.32. The fraction of sp³-hybridized carbons (Fsp3) is 0.200. The molecule has 0 aliphatic carbocycles. The molecule has 0 N–H and O–H groups in total. The summed E-state index contributed by atoms with van der Waals surface area (Å²) in [4.78, 5) is 44.3. The van der Waals surface area contributed by atoms with Gasteiger partial charge in [0, 0.05) is 31.5 Å². The second-order valence-corrected chi connectivity index (χ2v) is 7.99. The van der Waals surface area contributed by atoms with Crippen molar-refractivity contribution in [3.05, 3.63) is 83.4 Å². The Morgan fingerprint density at radius 3 is 2.33 bits per heavy atom. The number of hydrogen-bond acceptors (Lipinski definition) is 6. The van der Waals surface area contributed by atoms with Crippen LogP contribution in [0.2, 0.25) is 0 Å². The SMILES string of the molecule is COC(=O)CCN(Cc1ccccc1)C(=O)/C=C/c1csc(N(C(C)=O)c2ccccc2)n1. The lowest BCUT2D eigenvalue weighted by atomic mass is 10.2. The molecule has 0 saturated heterocycles.